The minimum atomic E-state index is -3.48. The lowest BCUT2D eigenvalue weighted by Gasteiger charge is -2.45. The van der Waals surface area contributed by atoms with E-state index >= 15 is 0 Å². The second kappa shape index (κ2) is 28.9. The summed E-state index contributed by atoms with van der Waals surface area (Å²) in [5, 5.41) is 9.26. The molecule has 2 aromatic heterocycles. The highest BCUT2D eigenvalue weighted by Gasteiger charge is 2.57. The fourth-order valence-electron chi connectivity index (χ4n) is 9.25. The summed E-state index contributed by atoms with van der Waals surface area (Å²) < 4.78 is 88.3. The first-order chi connectivity index (χ1) is 38.3. The summed E-state index contributed by atoms with van der Waals surface area (Å²) in [6.07, 6.45) is 0.629. The number of H-pyrrole nitrogens is 1. The van der Waals surface area contributed by atoms with Gasteiger partial charge in [0, 0.05) is 248 Å². The van der Waals surface area contributed by atoms with Gasteiger partial charge >= 0.3 is 12.1 Å². The molecule has 0 bridgehead atoms. The van der Waals surface area contributed by atoms with Crippen molar-refractivity contribution in [2.24, 2.45) is 11.8 Å². The molecule has 4 aromatic rings. The molecular weight excluding hydrogens is 1050 g/mol. The molecule has 8 rings (SSSR count). The quantitative estimate of drug-likeness (QED) is 0.0394. The molecule has 0 spiro atoms. The fourth-order valence-corrected chi connectivity index (χ4v) is 9.45. The molecule has 4 aliphatic rings. The van der Waals surface area contributed by atoms with Crippen LogP contribution in [0.3, 0.4) is 0 Å². The van der Waals surface area contributed by atoms with Crippen molar-refractivity contribution in [3.63, 3.8) is 0 Å². The summed E-state index contributed by atoms with van der Waals surface area (Å²) in [6, 6.07) is 5.35. The number of rotatable bonds is 15. The standard InChI is InChI=1S/C20H17F3N4O2.C16H14ClF3N2O.C4H4N2O.B23/c1-19(22,23)20(6-4-12-2-3-12)14-9-15(21)13(8-16(14)25-18(29)26-20)10-27-11-24-7-5-17(27)28;1-15(19,20)16(5-4-9-2-3-9)11-7-12(18)10(8-17)6-13(11)21-14(23)22-16;7-4-1-2-5-3-6-4;1-13-19(12)22(18(10)11)23(20(14(2)3)15(4)5)21(16(6)7)17(8)9/h5,7-9,11-12H,2-3,10H2,1H3,(H2,25,26,29);6-7,9H,2-3,8H2,1H3,(H2,21,22,23);1-3H,(H,5,6,7);. The van der Waals surface area contributed by atoms with Gasteiger partial charge < -0.3 is 26.3 Å². The van der Waals surface area contributed by atoms with Crippen LogP contribution in [0.4, 0.5) is 47.3 Å². The van der Waals surface area contributed by atoms with Crippen LogP contribution < -0.4 is 32.4 Å². The zero-order valence-corrected chi connectivity index (χ0v) is 45.3. The molecule has 82 heavy (non-hydrogen) atoms. The first kappa shape index (κ1) is 68.0. The number of alkyl halides is 5. The van der Waals surface area contributed by atoms with Crippen molar-refractivity contribution >= 4 is 199 Å². The second-order valence-electron chi connectivity index (χ2n) is 20.2. The van der Waals surface area contributed by atoms with E-state index < -0.39 is 116 Å². The van der Waals surface area contributed by atoms with Gasteiger partial charge in [0.2, 0.25) is 0 Å². The van der Waals surface area contributed by atoms with E-state index in [1.54, 1.807) is 0 Å². The number of hydrogen-bond donors (Lipinski definition) is 5. The van der Waals surface area contributed by atoms with Crippen molar-refractivity contribution in [2.75, 3.05) is 10.6 Å². The number of amides is 4. The van der Waals surface area contributed by atoms with E-state index in [4.69, 9.17) is 104 Å². The van der Waals surface area contributed by atoms with Gasteiger partial charge in [0.05, 0.1) is 25.1 Å². The van der Waals surface area contributed by atoms with E-state index in [9.17, 15) is 45.5 Å². The third-order valence-corrected chi connectivity index (χ3v) is 14.1. The molecule has 2 saturated carbocycles. The summed E-state index contributed by atoms with van der Waals surface area (Å²) in [7, 11) is 71.4. The van der Waals surface area contributed by atoms with Crippen molar-refractivity contribution < 1.29 is 35.9 Å². The number of carbonyl (C=O) groups excluding carboxylic acids is 2. The molecule has 4 amide bonds. The zero-order valence-electron chi connectivity index (χ0n) is 44.6. The molecule has 42 heteroatoms. The fraction of sp³-hybridized carbons (Fsp3) is 0.350. The first-order valence-electron chi connectivity index (χ1n) is 25.4. The molecule has 2 aromatic carbocycles. The van der Waals surface area contributed by atoms with Crippen molar-refractivity contribution in [1.29, 1.82) is 0 Å². The number of nitrogens with zero attached hydrogens (tertiary/aromatic N) is 3. The largest absolute Gasteiger partial charge is 0.320 e. The lowest BCUT2D eigenvalue weighted by molar-refractivity contribution is -0.0468. The maximum atomic E-state index is 14.9. The molecule has 2 aliphatic carbocycles. The number of aromatic amines is 1. The Kier molecular flexibility index (Phi) is 23.9. The Morgan fingerprint density at radius 3 is 1.43 bits per heavy atom. The Bertz CT molecular complexity index is 3090. The van der Waals surface area contributed by atoms with Crippen LogP contribution in [-0.4, -0.2) is 207 Å². The van der Waals surface area contributed by atoms with Crippen LogP contribution in [0.2, 0.25) is 0 Å². The van der Waals surface area contributed by atoms with Gasteiger partial charge in [0.1, 0.15) is 11.6 Å². The van der Waals surface area contributed by atoms with Crippen LogP contribution in [-0.2, 0) is 23.5 Å². The summed E-state index contributed by atoms with van der Waals surface area (Å²) in [6.45, 7) is 1.14. The number of halogens is 7. The number of carbonyl (C=O) groups is 2. The zero-order chi connectivity index (χ0) is 61.2. The smallest absolute Gasteiger partial charge is 0.313 e. The van der Waals surface area contributed by atoms with E-state index in [1.807, 2.05) is 0 Å². The number of anilines is 2. The Labute approximate surface area is 499 Å². The number of urea groups is 2. The van der Waals surface area contributed by atoms with Gasteiger partial charge in [-0.05, 0) is 49.9 Å². The molecule has 0 saturated heterocycles. The molecular formula is C40H35B23ClF6N8O4. The van der Waals surface area contributed by atoms with Crippen molar-refractivity contribution in [3.8, 4) is 23.7 Å². The molecule has 25 radical (unpaired) electrons. The molecule has 2 atom stereocenters. The Hall–Kier alpha value is -4.78. The highest BCUT2D eigenvalue weighted by Crippen LogP contribution is 2.46. The molecule has 2 aliphatic heterocycles. The average molecular weight is 1090 g/mol. The molecule has 12 nitrogen and oxygen atoms in total. The highest BCUT2D eigenvalue weighted by atomic mass is 35.5. The summed E-state index contributed by atoms with van der Waals surface area (Å²) in [5.74, 6) is 2.11. The van der Waals surface area contributed by atoms with Gasteiger partial charge in [0.15, 0.2) is 11.1 Å². The van der Waals surface area contributed by atoms with Gasteiger partial charge in [-0.2, -0.15) is 0 Å². The van der Waals surface area contributed by atoms with Crippen molar-refractivity contribution in [2.45, 2.75) is 74.9 Å². The number of nitrogens with one attached hydrogen (secondary N) is 5. The number of fused-ring (bicyclic) bond motifs is 2. The Morgan fingerprint density at radius 2 is 1.09 bits per heavy atom. The molecule has 2 unspecified atom stereocenters. The average Bonchev–Trinajstić information content (AvgIpc) is 4.45. The van der Waals surface area contributed by atoms with Crippen LogP contribution >= 0.6 is 11.6 Å². The SMILES string of the molecule is CC(F)(F)C1(C#CC2CC2)NC(=O)Nc2cc(CCl)c(F)cc21.CC(F)(F)C1(C#CC2CC2)NC(=O)Nc2cc(Cn3cnccc3=O)c(F)cc21.O=c1ccnc[nH]1.[B][B]B([B])B(B([B])[B])B(B(B([B])[B])B([B])[B])B(B([B])[B])B([B])[B]. The van der Waals surface area contributed by atoms with Crippen molar-refractivity contribution in [1.82, 2.24) is 30.2 Å². The first-order valence-corrected chi connectivity index (χ1v) is 25.9. The highest BCUT2D eigenvalue weighted by molar-refractivity contribution is 8.22. The topological polar surface area (TPSA) is 163 Å². The van der Waals surface area contributed by atoms with Crippen LogP contribution in [0.5, 0.6) is 0 Å². The maximum Gasteiger partial charge on any atom is 0.320 e. The molecule has 4 heterocycles. The van der Waals surface area contributed by atoms with Crippen LogP contribution in [0.15, 0.2) is 71.0 Å². The predicted molar refractivity (Wildman–Crippen MR) is 337 cm³/mol. The molecule has 2 fully saturated rings. The van der Waals surface area contributed by atoms with Crippen LogP contribution in [0.25, 0.3) is 0 Å². The minimum Gasteiger partial charge on any atom is -0.313 e. The lowest BCUT2D eigenvalue weighted by atomic mass is 8.36. The van der Waals surface area contributed by atoms with Crippen molar-refractivity contribution in [3.05, 3.63) is 116 Å². The van der Waals surface area contributed by atoms with E-state index in [0.29, 0.717) is 13.8 Å². The van der Waals surface area contributed by atoms with Crippen LogP contribution in [0, 0.1) is 47.2 Å². The Balaban J connectivity index is 0.000000214. The van der Waals surface area contributed by atoms with Gasteiger partial charge in [-0.15, -0.1) is 11.6 Å². The number of benzene rings is 2. The minimum absolute atomic E-state index is 0.00559. The maximum absolute atomic E-state index is 14.9. The number of hydrogen-bond acceptors (Lipinski definition) is 6. The normalized spacial score (nSPS) is 17.2. The second-order valence-corrected chi connectivity index (χ2v) is 20.5. The monoisotopic (exact) mass is 1090 g/mol. The van der Waals surface area contributed by atoms with Crippen LogP contribution in [0.1, 0.15) is 61.8 Å². The van der Waals surface area contributed by atoms with E-state index in [2.05, 4.69) is 59.9 Å². The predicted octanol–water partition coefficient (Wildman–Crippen LogP) is -2.20. The summed E-state index contributed by atoms with van der Waals surface area (Å²) in [4.78, 5) is 55.9. The third-order valence-electron chi connectivity index (χ3n) is 13.8. The molecule has 377 valence electrons. The van der Waals surface area contributed by atoms with Gasteiger partial charge in [-0.1, -0.05) is 23.7 Å². The van der Waals surface area contributed by atoms with Gasteiger partial charge in [-0.25, -0.2) is 45.9 Å². The van der Waals surface area contributed by atoms with E-state index in [0.717, 1.165) is 37.8 Å². The van der Waals surface area contributed by atoms with Gasteiger partial charge in [-0.3, -0.25) is 14.2 Å². The molecule has 5 N–H and O–H groups in total. The van der Waals surface area contributed by atoms with E-state index in [-0.39, 0.29) is 63.4 Å². The number of aromatic nitrogens is 4. The third kappa shape index (κ3) is 17.0. The Morgan fingerprint density at radius 1 is 0.659 bits per heavy atom. The lowest BCUT2D eigenvalue weighted by Crippen LogP contribution is -2.83. The van der Waals surface area contributed by atoms with Gasteiger partial charge in [0.25, 0.3) is 23.0 Å². The summed E-state index contributed by atoms with van der Waals surface area (Å²) in [5.41, 5.74) is -5.09. The van der Waals surface area contributed by atoms with E-state index in [1.165, 1.54) is 60.9 Å². The summed E-state index contributed by atoms with van der Waals surface area (Å²) >= 11 is 5.64.